The van der Waals surface area contributed by atoms with Crippen LogP contribution in [0.5, 0.6) is 0 Å². The van der Waals surface area contributed by atoms with Gasteiger partial charge in [0.25, 0.3) is 0 Å². The summed E-state index contributed by atoms with van der Waals surface area (Å²) in [7, 11) is 0. The summed E-state index contributed by atoms with van der Waals surface area (Å²) in [5.74, 6) is 0.892. The van der Waals surface area contributed by atoms with Crippen molar-refractivity contribution in [3.05, 3.63) is 127 Å². The van der Waals surface area contributed by atoms with Crippen molar-refractivity contribution in [2.24, 2.45) is 0 Å². The number of para-hydroxylation sites is 1. The van der Waals surface area contributed by atoms with E-state index < -0.39 is 0 Å². The number of allylic oxidation sites excluding steroid dienone is 5. The van der Waals surface area contributed by atoms with E-state index in [0.29, 0.717) is 0 Å². The molecule has 7 aromatic rings. The van der Waals surface area contributed by atoms with Crippen molar-refractivity contribution in [2.45, 2.75) is 6.42 Å². The predicted octanol–water partition coefficient (Wildman–Crippen LogP) is 10.3. The van der Waals surface area contributed by atoms with Gasteiger partial charge in [0.2, 0.25) is 0 Å². The first-order chi connectivity index (χ1) is 18.7. The number of benzene rings is 4. The summed E-state index contributed by atoms with van der Waals surface area (Å²) in [4.78, 5) is 3.65. The van der Waals surface area contributed by atoms with Crippen LogP contribution in [-0.4, -0.2) is 4.98 Å². The molecule has 1 N–H and O–H groups in total. The molecular weight excluding hydrogens is 482 g/mol. The Balaban J connectivity index is 1.34. The van der Waals surface area contributed by atoms with E-state index in [-0.39, 0.29) is 0 Å². The minimum atomic E-state index is 0.792. The molecule has 1 aliphatic carbocycles. The first-order valence-electron chi connectivity index (χ1n) is 12.9. The minimum Gasteiger partial charge on any atom is -0.454 e. The summed E-state index contributed by atoms with van der Waals surface area (Å²) in [5.41, 5.74) is 8.60. The monoisotopic (exact) mass is 505 g/mol. The molecule has 0 bridgehead atoms. The fourth-order valence-corrected chi connectivity index (χ4v) is 6.89. The molecule has 4 aromatic carbocycles. The highest BCUT2D eigenvalue weighted by molar-refractivity contribution is 7.25. The standard InChI is InChI=1S/C35H23NOS/c1-21-9-3-2-4-11-26-24-17-15-23(22-16-18-32-28(19-22)25-10-6-8-14-31(25)38-32)20-30(24)37-35(26)34-33(21)27-12-5-7-13-29(27)36-34/h2-10,12-20,36H,1,11H2/b4-2-,9-3-. The third-order valence-electron chi connectivity index (χ3n) is 7.62. The van der Waals surface area contributed by atoms with Crippen LogP contribution >= 0.6 is 11.3 Å². The van der Waals surface area contributed by atoms with Crippen LogP contribution in [0.15, 0.2) is 120 Å². The van der Waals surface area contributed by atoms with Crippen LogP contribution in [0.4, 0.5) is 0 Å². The number of fused-ring (bicyclic) bond motifs is 10. The van der Waals surface area contributed by atoms with Crippen LogP contribution in [0.1, 0.15) is 11.1 Å². The second kappa shape index (κ2) is 8.20. The van der Waals surface area contributed by atoms with E-state index in [0.717, 1.165) is 56.4 Å². The van der Waals surface area contributed by atoms with Crippen molar-refractivity contribution in [3.63, 3.8) is 0 Å². The van der Waals surface area contributed by atoms with Gasteiger partial charge < -0.3 is 9.40 Å². The molecule has 8 rings (SSSR count). The molecule has 38 heavy (non-hydrogen) atoms. The van der Waals surface area contributed by atoms with Gasteiger partial charge in [0.05, 0.1) is 5.69 Å². The highest BCUT2D eigenvalue weighted by Gasteiger charge is 2.23. The van der Waals surface area contributed by atoms with Gasteiger partial charge in [-0.2, -0.15) is 0 Å². The van der Waals surface area contributed by atoms with Crippen LogP contribution in [-0.2, 0) is 6.42 Å². The highest BCUT2D eigenvalue weighted by Crippen LogP contribution is 2.42. The maximum absolute atomic E-state index is 6.70. The number of hydrogen-bond donors (Lipinski definition) is 1. The number of nitrogens with one attached hydrogen (secondary N) is 1. The third kappa shape index (κ3) is 3.19. The second-order valence-electron chi connectivity index (χ2n) is 9.87. The van der Waals surface area contributed by atoms with Crippen LogP contribution in [0.25, 0.3) is 70.2 Å². The van der Waals surface area contributed by atoms with Gasteiger partial charge in [-0.25, -0.2) is 0 Å². The van der Waals surface area contributed by atoms with Crippen molar-refractivity contribution in [1.82, 2.24) is 4.98 Å². The SMILES string of the molecule is C=C1/C=C\C=C/Cc2c(oc3cc(-c4ccc5sc6ccccc6c5c4)ccc23)-c2[nH]c3ccccc3c21. The molecule has 3 heterocycles. The number of furan rings is 1. The first kappa shape index (κ1) is 21.5. The Bertz CT molecular complexity index is 2130. The van der Waals surface area contributed by atoms with Gasteiger partial charge in [0.1, 0.15) is 5.58 Å². The van der Waals surface area contributed by atoms with Gasteiger partial charge in [0.15, 0.2) is 5.76 Å². The molecule has 3 heteroatoms. The Morgan fingerprint density at radius 3 is 2.47 bits per heavy atom. The molecule has 0 spiro atoms. The Kier molecular flexibility index (Phi) is 4.64. The Hall–Kier alpha value is -4.60. The van der Waals surface area contributed by atoms with Gasteiger partial charge in [0, 0.05) is 47.6 Å². The van der Waals surface area contributed by atoms with E-state index in [1.165, 1.54) is 31.3 Å². The van der Waals surface area contributed by atoms with E-state index in [1.54, 1.807) is 0 Å². The van der Waals surface area contributed by atoms with Gasteiger partial charge in [-0.15, -0.1) is 11.3 Å². The number of H-pyrrole nitrogens is 1. The number of rotatable bonds is 1. The predicted molar refractivity (Wildman–Crippen MR) is 163 cm³/mol. The van der Waals surface area contributed by atoms with Gasteiger partial charge in [-0.1, -0.05) is 85.5 Å². The minimum absolute atomic E-state index is 0.792. The van der Waals surface area contributed by atoms with Gasteiger partial charge in [-0.05, 0) is 53.5 Å². The zero-order valence-electron chi connectivity index (χ0n) is 20.6. The summed E-state index contributed by atoms with van der Waals surface area (Å²) in [6.45, 7) is 4.39. The van der Waals surface area contributed by atoms with Gasteiger partial charge in [-0.3, -0.25) is 0 Å². The quantitative estimate of drug-likeness (QED) is 0.236. The zero-order chi connectivity index (χ0) is 25.2. The van der Waals surface area contributed by atoms with E-state index >= 15 is 0 Å². The fraction of sp³-hybridized carbons (Fsp3) is 0.0286. The van der Waals surface area contributed by atoms with Crippen molar-refractivity contribution < 1.29 is 4.42 Å². The van der Waals surface area contributed by atoms with E-state index in [9.17, 15) is 0 Å². The molecule has 0 radical (unpaired) electrons. The lowest BCUT2D eigenvalue weighted by Crippen LogP contribution is -1.89. The number of aromatic nitrogens is 1. The lowest BCUT2D eigenvalue weighted by Gasteiger charge is -2.06. The number of hydrogen-bond acceptors (Lipinski definition) is 2. The molecule has 0 aliphatic heterocycles. The van der Waals surface area contributed by atoms with Crippen LogP contribution in [0.3, 0.4) is 0 Å². The maximum atomic E-state index is 6.70. The lowest BCUT2D eigenvalue weighted by atomic mass is 9.96. The van der Waals surface area contributed by atoms with Gasteiger partial charge >= 0.3 is 0 Å². The molecule has 180 valence electrons. The van der Waals surface area contributed by atoms with Crippen LogP contribution in [0, 0.1) is 0 Å². The fourth-order valence-electron chi connectivity index (χ4n) is 5.81. The summed E-state index contributed by atoms with van der Waals surface area (Å²) >= 11 is 1.85. The van der Waals surface area contributed by atoms with Crippen molar-refractivity contribution in [2.75, 3.05) is 0 Å². The Labute approximate surface area is 223 Å². The van der Waals surface area contributed by atoms with E-state index in [2.05, 4.69) is 121 Å². The molecular formula is C35H23NOS. The summed E-state index contributed by atoms with van der Waals surface area (Å²) in [5, 5.41) is 4.93. The van der Waals surface area contributed by atoms with Crippen molar-refractivity contribution >= 4 is 59.0 Å². The molecule has 1 aliphatic rings. The highest BCUT2D eigenvalue weighted by atomic mass is 32.1. The van der Waals surface area contributed by atoms with Crippen LogP contribution in [0.2, 0.25) is 0 Å². The summed E-state index contributed by atoms with van der Waals surface area (Å²) in [6, 6.07) is 30.5. The average molecular weight is 506 g/mol. The molecule has 2 nitrogen and oxygen atoms in total. The van der Waals surface area contributed by atoms with Crippen molar-refractivity contribution in [3.8, 4) is 22.6 Å². The molecule has 3 aromatic heterocycles. The molecule has 0 amide bonds. The molecule has 0 fully saturated rings. The lowest BCUT2D eigenvalue weighted by molar-refractivity contribution is 0.626. The molecule has 0 unspecified atom stereocenters. The van der Waals surface area contributed by atoms with Crippen molar-refractivity contribution in [1.29, 1.82) is 0 Å². The Morgan fingerprint density at radius 2 is 1.53 bits per heavy atom. The van der Waals surface area contributed by atoms with Crippen LogP contribution < -0.4 is 0 Å². The largest absolute Gasteiger partial charge is 0.454 e. The summed E-state index contributed by atoms with van der Waals surface area (Å²) in [6.07, 6.45) is 9.23. The topological polar surface area (TPSA) is 28.9 Å². The second-order valence-corrected chi connectivity index (χ2v) is 11.0. The third-order valence-corrected chi connectivity index (χ3v) is 8.78. The number of thiophene rings is 1. The maximum Gasteiger partial charge on any atom is 0.155 e. The summed E-state index contributed by atoms with van der Waals surface area (Å²) < 4.78 is 9.34. The normalized spacial score (nSPS) is 15.2. The first-order valence-corrected chi connectivity index (χ1v) is 13.7. The molecule has 0 saturated carbocycles. The smallest absolute Gasteiger partial charge is 0.155 e. The molecule has 0 saturated heterocycles. The van der Waals surface area contributed by atoms with E-state index in [4.69, 9.17) is 4.42 Å². The number of aromatic amines is 1. The Morgan fingerprint density at radius 1 is 0.737 bits per heavy atom. The average Bonchev–Trinajstić information content (AvgIpc) is 3.63. The van der Waals surface area contributed by atoms with E-state index in [1.807, 2.05) is 11.3 Å². The zero-order valence-corrected chi connectivity index (χ0v) is 21.4. The molecule has 0 atom stereocenters.